The van der Waals surface area contributed by atoms with E-state index in [0.717, 1.165) is 22.7 Å². The lowest BCUT2D eigenvalue weighted by atomic mass is 10.2. The number of rotatable bonds is 0. The van der Waals surface area contributed by atoms with Gasteiger partial charge in [0, 0.05) is 4.88 Å². The van der Waals surface area contributed by atoms with Gasteiger partial charge in [-0.2, -0.15) is 0 Å². The van der Waals surface area contributed by atoms with Crippen LogP contribution in [0.4, 0.5) is 0 Å². The van der Waals surface area contributed by atoms with Crippen LogP contribution in [0.2, 0.25) is 4.34 Å². The number of halogens is 1. The standard InChI is InChI=1S/C7H7ClOS/c8-7-3-4-5(9)1-2-6(4)10-7/h3,5,9H,1-2H2. The van der Waals surface area contributed by atoms with Gasteiger partial charge in [0.15, 0.2) is 0 Å². The van der Waals surface area contributed by atoms with E-state index in [4.69, 9.17) is 11.6 Å². The largest absolute Gasteiger partial charge is 0.388 e. The van der Waals surface area contributed by atoms with E-state index in [2.05, 4.69) is 0 Å². The number of hydrogen-bond acceptors (Lipinski definition) is 2. The summed E-state index contributed by atoms with van der Waals surface area (Å²) in [5.74, 6) is 0. The Morgan fingerprint density at radius 2 is 2.50 bits per heavy atom. The Morgan fingerprint density at radius 3 is 3.20 bits per heavy atom. The summed E-state index contributed by atoms with van der Waals surface area (Å²) in [4.78, 5) is 1.26. The van der Waals surface area contributed by atoms with Crippen LogP contribution in [0, 0.1) is 0 Å². The maximum Gasteiger partial charge on any atom is 0.0935 e. The summed E-state index contributed by atoms with van der Waals surface area (Å²) in [5.41, 5.74) is 1.05. The third kappa shape index (κ3) is 0.875. The molecule has 1 aliphatic carbocycles. The van der Waals surface area contributed by atoms with E-state index < -0.39 is 0 Å². The fraction of sp³-hybridized carbons (Fsp3) is 0.429. The zero-order chi connectivity index (χ0) is 7.14. The minimum atomic E-state index is -0.251. The molecule has 1 nitrogen and oxygen atoms in total. The van der Waals surface area contributed by atoms with E-state index in [-0.39, 0.29) is 6.10 Å². The van der Waals surface area contributed by atoms with Gasteiger partial charge in [-0.3, -0.25) is 0 Å². The van der Waals surface area contributed by atoms with Crippen molar-refractivity contribution in [3.63, 3.8) is 0 Å². The van der Waals surface area contributed by atoms with Crippen molar-refractivity contribution in [3.05, 3.63) is 20.8 Å². The molecule has 1 N–H and O–H groups in total. The molecule has 3 heteroatoms. The summed E-state index contributed by atoms with van der Waals surface area (Å²) in [7, 11) is 0. The molecule has 0 aliphatic heterocycles. The third-order valence-corrected chi connectivity index (χ3v) is 3.16. The number of hydrogen-bond donors (Lipinski definition) is 1. The molecular formula is C7H7ClOS. The summed E-state index contributed by atoms with van der Waals surface area (Å²) >= 11 is 7.34. The van der Waals surface area contributed by atoms with Gasteiger partial charge in [0.1, 0.15) is 0 Å². The van der Waals surface area contributed by atoms with Gasteiger partial charge in [-0.1, -0.05) is 11.6 Å². The van der Waals surface area contributed by atoms with Crippen LogP contribution in [0.1, 0.15) is 23.0 Å². The zero-order valence-electron chi connectivity index (χ0n) is 5.30. The fourth-order valence-electron chi connectivity index (χ4n) is 1.31. The summed E-state index contributed by atoms with van der Waals surface area (Å²) in [6.07, 6.45) is 1.62. The van der Waals surface area contributed by atoms with Crippen molar-refractivity contribution in [2.24, 2.45) is 0 Å². The number of fused-ring (bicyclic) bond motifs is 1. The first-order valence-corrected chi connectivity index (χ1v) is 4.43. The molecule has 0 aromatic carbocycles. The van der Waals surface area contributed by atoms with Gasteiger partial charge in [-0.05, 0) is 24.5 Å². The highest BCUT2D eigenvalue weighted by Gasteiger charge is 2.22. The van der Waals surface area contributed by atoms with Gasteiger partial charge in [0.05, 0.1) is 10.4 Å². The van der Waals surface area contributed by atoms with Crippen molar-refractivity contribution >= 4 is 22.9 Å². The zero-order valence-corrected chi connectivity index (χ0v) is 6.87. The first kappa shape index (κ1) is 6.65. The van der Waals surface area contributed by atoms with Crippen LogP contribution >= 0.6 is 22.9 Å². The van der Waals surface area contributed by atoms with Crippen molar-refractivity contribution in [2.45, 2.75) is 18.9 Å². The number of aliphatic hydroxyl groups excluding tert-OH is 1. The van der Waals surface area contributed by atoms with Crippen LogP contribution < -0.4 is 0 Å². The average molecular weight is 175 g/mol. The predicted molar refractivity (Wildman–Crippen MR) is 42.6 cm³/mol. The van der Waals surface area contributed by atoms with E-state index in [9.17, 15) is 5.11 Å². The molecule has 0 spiro atoms. The molecule has 1 aromatic heterocycles. The number of aliphatic hydroxyl groups is 1. The Labute approximate surface area is 68.3 Å². The molecule has 1 unspecified atom stereocenters. The van der Waals surface area contributed by atoms with E-state index in [1.54, 1.807) is 11.3 Å². The highest BCUT2D eigenvalue weighted by Crippen LogP contribution is 2.38. The van der Waals surface area contributed by atoms with E-state index in [1.807, 2.05) is 6.07 Å². The molecule has 1 aliphatic rings. The van der Waals surface area contributed by atoms with Gasteiger partial charge in [-0.25, -0.2) is 0 Å². The van der Waals surface area contributed by atoms with Crippen molar-refractivity contribution < 1.29 is 5.11 Å². The second kappa shape index (κ2) is 2.22. The highest BCUT2D eigenvalue weighted by atomic mass is 35.5. The van der Waals surface area contributed by atoms with Gasteiger partial charge < -0.3 is 5.11 Å². The summed E-state index contributed by atoms with van der Waals surface area (Å²) in [6.45, 7) is 0. The maximum absolute atomic E-state index is 9.34. The molecule has 10 heavy (non-hydrogen) atoms. The van der Waals surface area contributed by atoms with Crippen LogP contribution in [0.5, 0.6) is 0 Å². The van der Waals surface area contributed by atoms with Gasteiger partial charge in [0.2, 0.25) is 0 Å². The summed E-state index contributed by atoms with van der Waals surface area (Å²) < 4.78 is 0.795. The SMILES string of the molecule is OC1CCc2sc(Cl)cc21. The molecule has 2 rings (SSSR count). The average Bonchev–Trinajstić information content (AvgIpc) is 2.35. The Hall–Kier alpha value is -0.0500. The Balaban J connectivity index is 2.49. The van der Waals surface area contributed by atoms with Gasteiger partial charge >= 0.3 is 0 Å². The third-order valence-electron chi connectivity index (χ3n) is 1.82. The quantitative estimate of drug-likeness (QED) is 0.641. The second-order valence-electron chi connectivity index (χ2n) is 2.48. The van der Waals surface area contributed by atoms with Gasteiger partial charge in [0.25, 0.3) is 0 Å². The normalized spacial score (nSPS) is 23.2. The lowest BCUT2D eigenvalue weighted by Crippen LogP contribution is -1.86. The molecule has 54 valence electrons. The number of aryl methyl sites for hydroxylation is 1. The van der Waals surface area contributed by atoms with Crippen LogP contribution in [-0.4, -0.2) is 5.11 Å². The molecular weight excluding hydrogens is 168 g/mol. The number of thiophene rings is 1. The first-order valence-electron chi connectivity index (χ1n) is 3.23. The smallest absolute Gasteiger partial charge is 0.0935 e. The maximum atomic E-state index is 9.34. The molecule has 0 bridgehead atoms. The molecule has 1 atom stereocenters. The Bertz CT molecular complexity index is 256. The van der Waals surface area contributed by atoms with Crippen LogP contribution in [0.3, 0.4) is 0 Å². The predicted octanol–water partition coefficient (Wildman–Crippen LogP) is 2.38. The summed E-state index contributed by atoms with van der Waals surface area (Å²) in [6, 6.07) is 1.87. The van der Waals surface area contributed by atoms with E-state index in [1.165, 1.54) is 4.88 Å². The van der Waals surface area contributed by atoms with Crippen LogP contribution in [0.25, 0.3) is 0 Å². The molecule has 1 aromatic rings. The van der Waals surface area contributed by atoms with Crippen LogP contribution in [-0.2, 0) is 6.42 Å². The summed E-state index contributed by atoms with van der Waals surface area (Å²) in [5, 5.41) is 9.34. The highest BCUT2D eigenvalue weighted by molar-refractivity contribution is 7.16. The Morgan fingerprint density at radius 1 is 1.70 bits per heavy atom. The van der Waals surface area contributed by atoms with E-state index in [0.29, 0.717) is 0 Å². The molecule has 0 saturated heterocycles. The van der Waals surface area contributed by atoms with Crippen molar-refractivity contribution in [2.75, 3.05) is 0 Å². The first-order chi connectivity index (χ1) is 4.77. The minimum absolute atomic E-state index is 0.251. The molecule has 0 fully saturated rings. The minimum Gasteiger partial charge on any atom is -0.388 e. The molecule has 0 radical (unpaired) electrons. The van der Waals surface area contributed by atoms with Crippen molar-refractivity contribution in [1.29, 1.82) is 0 Å². The van der Waals surface area contributed by atoms with E-state index >= 15 is 0 Å². The van der Waals surface area contributed by atoms with Crippen molar-refractivity contribution in [1.82, 2.24) is 0 Å². The van der Waals surface area contributed by atoms with Crippen LogP contribution in [0.15, 0.2) is 6.07 Å². The van der Waals surface area contributed by atoms with Gasteiger partial charge in [-0.15, -0.1) is 11.3 Å². The molecule has 1 heterocycles. The molecule has 0 saturated carbocycles. The second-order valence-corrected chi connectivity index (χ2v) is 4.25. The topological polar surface area (TPSA) is 20.2 Å². The fourth-order valence-corrected chi connectivity index (χ4v) is 2.66. The Kier molecular flexibility index (Phi) is 1.48. The monoisotopic (exact) mass is 174 g/mol. The lowest BCUT2D eigenvalue weighted by molar-refractivity contribution is 0.180. The lowest BCUT2D eigenvalue weighted by Gasteiger charge is -1.96. The molecule has 0 amide bonds. The van der Waals surface area contributed by atoms with Crippen molar-refractivity contribution in [3.8, 4) is 0 Å².